The molecule has 0 spiro atoms. The van der Waals surface area contributed by atoms with E-state index in [4.69, 9.17) is 0 Å². The first-order valence-corrected chi connectivity index (χ1v) is 9.34. The summed E-state index contributed by atoms with van der Waals surface area (Å²) < 4.78 is 15.3. The molecule has 1 aromatic carbocycles. The van der Waals surface area contributed by atoms with Crippen LogP contribution in [0.25, 0.3) is 5.65 Å². The molecule has 27 heavy (non-hydrogen) atoms. The number of benzene rings is 1. The highest BCUT2D eigenvalue weighted by Gasteiger charge is 2.27. The molecule has 0 radical (unpaired) electrons. The third-order valence-electron chi connectivity index (χ3n) is 5.13. The summed E-state index contributed by atoms with van der Waals surface area (Å²) in [5.74, 6) is -0.449. The number of rotatable bonds is 3. The maximum absolute atomic E-state index is 13.7. The Morgan fingerprint density at radius 1 is 1.15 bits per heavy atom. The van der Waals surface area contributed by atoms with Crippen LogP contribution < -0.4 is 4.90 Å². The molecule has 4 rings (SSSR count). The molecule has 3 heterocycles. The molecule has 1 aliphatic rings. The van der Waals surface area contributed by atoms with Gasteiger partial charge in [0, 0.05) is 38.1 Å². The Morgan fingerprint density at radius 2 is 1.93 bits per heavy atom. The van der Waals surface area contributed by atoms with Crippen LogP contribution in [-0.2, 0) is 6.42 Å². The number of nitrogens with zero attached hydrogens (tertiary/aromatic N) is 4. The van der Waals surface area contributed by atoms with Gasteiger partial charge in [-0.25, -0.2) is 9.37 Å². The number of carbonyl (C=O) groups is 1. The number of hydrogen-bond acceptors (Lipinski definition) is 3. The lowest BCUT2D eigenvalue weighted by atomic mass is 10.1. The average molecular weight is 366 g/mol. The zero-order valence-electron chi connectivity index (χ0n) is 15.7. The number of imidazole rings is 1. The van der Waals surface area contributed by atoms with Gasteiger partial charge in [-0.2, -0.15) is 0 Å². The number of piperazine rings is 1. The monoisotopic (exact) mass is 366 g/mol. The van der Waals surface area contributed by atoms with E-state index in [1.165, 1.54) is 23.5 Å². The van der Waals surface area contributed by atoms with Gasteiger partial charge in [-0.3, -0.25) is 9.20 Å². The predicted molar refractivity (Wildman–Crippen MR) is 104 cm³/mol. The zero-order valence-corrected chi connectivity index (χ0v) is 15.7. The fourth-order valence-corrected chi connectivity index (χ4v) is 3.68. The highest BCUT2D eigenvalue weighted by molar-refractivity contribution is 5.95. The van der Waals surface area contributed by atoms with Gasteiger partial charge < -0.3 is 9.80 Å². The third-order valence-corrected chi connectivity index (χ3v) is 5.13. The molecule has 0 saturated carbocycles. The minimum atomic E-state index is -0.374. The smallest absolute Gasteiger partial charge is 0.272 e. The van der Waals surface area contributed by atoms with Crippen molar-refractivity contribution in [2.75, 3.05) is 31.1 Å². The molecule has 0 N–H and O–H groups in total. The van der Waals surface area contributed by atoms with Gasteiger partial charge in [0.1, 0.15) is 17.2 Å². The largest absolute Gasteiger partial charge is 0.368 e. The van der Waals surface area contributed by atoms with E-state index >= 15 is 0 Å². The number of amides is 1. The average Bonchev–Trinajstić information content (AvgIpc) is 3.05. The summed E-state index contributed by atoms with van der Waals surface area (Å²) in [6, 6.07) is 11.4. The standard InChI is InChI=1S/C21H23FN4O/c1-3-18-20(26-14-16(22)7-8-19(26)23-18)21(27)25-11-9-24(10-12-25)17-6-4-5-15(2)13-17/h4-8,13-14H,3,9-12H2,1-2H3. The van der Waals surface area contributed by atoms with Crippen molar-refractivity contribution in [2.45, 2.75) is 20.3 Å². The summed E-state index contributed by atoms with van der Waals surface area (Å²) in [7, 11) is 0. The number of aryl methyl sites for hydroxylation is 2. The van der Waals surface area contributed by atoms with E-state index in [2.05, 4.69) is 41.1 Å². The number of aromatic nitrogens is 2. The molecule has 0 atom stereocenters. The molecule has 140 valence electrons. The number of anilines is 1. The minimum Gasteiger partial charge on any atom is -0.368 e. The minimum absolute atomic E-state index is 0.0751. The van der Waals surface area contributed by atoms with Gasteiger partial charge in [-0.05, 0) is 43.2 Å². The van der Waals surface area contributed by atoms with Crippen molar-refractivity contribution in [2.24, 2.45) is 0 Å². The van der Waals surface area contributed by atoms with Crippen LogP contribution in [0.2, 0.25) is 0 Å². The molecular weight excluding hydrogens is 343 g/mol. The highest BCUT2D eigenvalue weighted by atomic mass is 19.1. The number of fused-ring (bicyclic) bond motifs is 1. The van der Waals surface area contributed by atoms with Crippen molar-refractivity contribution in [3.8, 4) is 0 Å². The summed E-state index contributed by atoms with van der Waals surface area (Å²) in [4.78, 5) is 21.8. The normalized spacial score (nSPS) is 14.8. The van der Waals surface area contributed by atoms with E-state index in [0.29, 0.717) is 36.5 Å². The third kappa shape index (κ3) is 3.27. The van der Waals surface area contributed by atoms with Crippen LogP contribution in [0.4, 0.5) is 10.1 Å². The summed E-state index contributed by atoms with van der Waals surface area (Å²) in [6.07, 6.45) is 1.98. The molecule has 2 aromatic heterocycles. The Bertz CT molecular complexity index is 989. The Hall–Kier alpha value is -2.89. The second-order valence-corrected chi connectivity index (χ2v) is 6.95. The van der Waals surface area contributed by atoms with Gasteiger partial charge in [0.05, 0.1) is 5.69 Å². The molecular formula is C21H23FN4O. The van der Waals surface area contributed by atoms with E-state index in [9.17, 15) is 9.18 Å². The molecule has 1 fully saturated rings. The van der Waals surface area contributed by atoms with E-state index in [1.54, 1.807) is 10.5 Å². The van der Waals surface area contributed by atoms with Crippen molar-refractivity contribution >= 4 is 17.2 Å². The molecule has 1 saturated heterocycles. The van der Waals surface area contributed by atoms with Gasteiger partial charge in [0.15, 0.2) is 0 Å². The van der Waals surface area contributed by atoms with Crippen molar-refractivity contribution in [3.63, 3.8) is 0 Å². The first-order valence-electron chi connectivity index (χ1n) is 9.34. The van der Waals surface area contributed by atoms with Crippen LogP contribution in [0.1, 0.15) is 28.7 Å². The Morgan fingerprint density at radius 3 is 2.63 bits per heavy atom. The van der Waals surface area contributed by atoms with E-state index in [1.807, 2.05) is 11.8 Å². The summed E-state index contributed by atoms with van der Waals surface area (Å²) >= 11 is 0. The topological polar surface area (TPSA) is 40.9 Å². The summed E-state index contributed by atoms with van der Waals surface area (Å²) in [5, 5.41) is 0. The molecule has 1 amide bonds. The lowest BCUT2D eigenvalue weighted by molar-refractivity contribution is 0.0738. The molecule has 1 aliphatic heterocycles. The number of pyridine rings is 1. The Labute approximate surface area is 158 Å². The molecule has 6 heteroatoms. The van der Waals surface area contributed by atoms with Crippen LogP contribution in [0.15, 0.2) is 42.6 Å². The molecule has 5 nitrogen and oxygen atoms in total. The molecule has 0 unspecified atom stereocenters. The second kappa shape index (κ2) is 7.02. The highest BCUT2D eigenvalue weighted by Crippen LogP contribution is 2.21. The van der Waals surface area contributed by atoms with Crippen molar-refractivity contribution < 1.29 is 9.18 Å². The molecule has 0 bridgehead atoms. The first-order chi connectivity index (χ1) is 13.1. The zero-order chi connectivity index (χ0) is 19.0. The number of halogens is 1. The van der Waals surface area contributed by atoms with Crippen LogP contribution in [0.3, 0.4) is 0 Å². The maximum atomic E-state index is 13.7. The first kappa shape index (κ1) is 17.5. The maximum Gasteiger partial charge on any atom is 0.272 e. The van der Waals surface area contributed by atoms with Crippen LogP contribution >= 0.6 is 0 Å². The van der Waals surface area contributed by atoms with Gasteiger partial charge in [0.2, 0.25) is 0 Å². The second-order valence-electron chi connectivity index (χ2n) is 6.95. The van der Waals surface area contributed by atoms with Crippen molar-refractivity contribution in [3.05, 3.63) is 65.4 Å². The summed E-state index contributed by atoms with van der Waals surface area (Å²) in [5.41, 5.74) is 4.22. The van der Waals surface area contributed by atoms with Gasteiger partial charge in [0.25, 0.3) is 5.91 Å². The Kier molecular flexibility index (Phi) is 4.56. The van der Waals surface area contributed by atoms with E-state index in [-0.39, 0.29) is 11.7 Å². The predicted octanol–water partition coefficient (Wildman–Crippen LogP) is 3.31. The molecule has 3 aromatic rings. The number of carbonyl (C=O) groups excluding carboxylic acids is 1. The fourth-order valence-electron chi connectivity index (χ4n) is 3.68. The van der Waals surface area contributed by atoms with Crippen molar-refractivity contribution in [1.82, 2.24) is 14.3 Å². The van der Waals surface area contributed by atoms with E-state index < -0.39 is 0 Å². The van der Waals surface area contributed by atoms with Crippen LogP contribution in [0.5, 0.6) is 0 Å². The van der Waals surface area contributed by atoms with Crippen LogP contribution in [0, 0.1) is 12.7 Å². The summed E-state index contributed by atoms with van der Waals surface area (Å²) in [6.45, 7) is 6.88. The van der Waals surface area contributed by atoms with Gasteiger partial charge in [-0.15, -0.1) is 0 Å². The van der Waals surface area contributed by atoms with E-state index in [0.717, 1.165) is 13.1 Å². The Balaban J connectivity index is 1.56. The SMILES string of the molecule is CCc1nc2ccc(F)cn2c1C(=O)N1CCN(c2cccc(C)c2)CC1. The van der Waals surface area contributed by atoms with Crippen LogP contribution in [-0.4, -0.2) is 46.4 Å². The molecule has 0 aliphatic carbocycles. The lowest BCUT2D eigenvalue weighted by Crippen LogP contribution is -2.49. The quantitative estimate of drug-likeness (QED) is 0.714. The lowest BCUT2D eigenvalue weighted by Gasteiger charge is -2.36. The van der Waals surface area contributed by atoms with Gasteiger partial charge >= 0.3 is 0 Å². The fraction of sp³-hybridized carbons (Fsp3) is 0.333. The number of hydrogen-bond donors (Lipinski definition) is 0. The van der Waals surface area contributed by atoms with Gasteiger partial charge in [-0.1, -0.05) is 19.1 Å². The van der Waals surface area contributed by atoms with Crippen molar-refractivity contribution in [1.29, 1.82) is 0 Å².